The second-order valence-corrected chi connectivity index (χ2v) is 5.53. The van der Waals surface area contributed by atoms with E-state index in [-0.39, 0.29) is 5.84 Å². The van der Waals surface area contributed by atoms with Crippen molar-refractivity contribution in [1.29, 1.82) is 0 Å². The van der Waals surface area contributed by atoms with E-state index in [0.717, 1.165) is 22.7 Å². The molecule has 0 atom stereocenters. The van der Waals surface area contributed by atoms with E-state index >= 15 is 0 Å². The molecule has 0 aromatic heterocycles. The van der Waals surface area contributed by atoms with Crippen molar-refractivity contribution in [2.45, 2.75) is 0 Å². The first-order valence-corrected chi connectivity index (χ1v) is 7.32. The average Bonchev–Trinajstić information content (AvgIpc) is 2.58. The fraction of sp³-hybridized carbons (Fsp3) is 0. The lowest BCUT2D eigenvalue weighted by Gasteiger charge is -2.02. The number of nitrogens with zero attached hydrogens (tertiary/aromatic N) is 3. The van der Waals surface area contributed by atoms with E-state index in [4.69, 9.17) is 5.73 Å². The van der Waals surface area contributed by atoms with Crippen LogP contribution in [0.5, 0.6) is 0 Å². The summed E-state index contributed by atoms with van der Waals surface area (Å²) < 4.78 is 0.726. The summed E-state index contributed by atoms with van der Waals surface area (Å²) in [5.74, 6) is -1.24. The Labute approximate surface area is 148 Å². The van der Waals surface area contributed by atoms with E-state index in [1.54, 1.807) is 24.3 Å². The molecule has 0 bridgehead atoms. The highest BCUT2D eigenvalue weighted by Gasteiger charge is 2.21. The predicted molar refractivity (Wildman–Crippen MR) is 90.0 cm³/mol. The summed E-state index contributed by atoms with van der Waals surface area (Å²) in [6.07, 6.45) is 0. The van der Waals surface area contributed by atoms with E-state index < -0.39 is 32.8 Å². The third kappa shape index (κ3) is 4.57. The number of benzene rings is 2. The average molecular weight is 409 g/mol. The summed E-state index contributed by atoms with van der Waals surface area (Å²) in [6.45, 7) is 0. The van der Waals surface area contributed by atoms with Crippen molar-refractivity contribution >= 4 is 39.1 Å². The molecule has 0 saturated carbocycles. The fourth-order valence-electron chi connectivity index (χ4n) is 1.77. The van der Waals surface area contributed by atoms with Gasteiger partial charge in [0.05, 0.1) is 21.5 Å². The lowest BCUT2D eigenvalue weighted by molar-refractivity contribution is -0.394. The van der Waals surface area contributed by atoms with E-state index in [1.165, 1.54) is 0 Å². The molecule has 0 aliphatic heterocycles. The number of oxime groups is 1. The highest BCUT2D eigenvalue weighted by Crippen LogP contribution is 2.23. The molecule has 0 aliphatic rings. The molecule has 0 fully saturated rings. The topological polar surface area (TPSA) is 151 Å². The van der Waals surface area contributed by atoms with Gasteiger partial charge in [-0.25, -0.2) is 4.79 Å². The van der Waals surface area contributed by atoms with Gasteiger partial charge in [0, 0.05) is 22.2 Å². The van der Waals surface area contributed by atoms with E-state index in [1.807, 2.05) is 0 Å². The Bertz CT molecular complexity index is 866. The van der Waals surface area contributed by atoms with Crippen LogP contribution in [0, 0.1) is 20.2 Å². The van der Waals surface area contributed by atoms with Crippen molar-refractivity contribution in [2.75, 3.05) is 0 Å². The van der Waals surface area contributed by atoms with Gasteiger partial charge in [-0.2, -0.15) is 0 Å². The Kier molecular flexibility index (Phi) is 5.39. The Morgan fingerprint density at radius 2 is 1.64 bits per heavy atom. The van der Waals surface area contributed by atoms with Gasteiger partial charge in [-0.3, -0.25) is 20.2 Å². The summed E-state index contributed by atoms with van der Waals surface area (Å²) in [5.41, 5.74) is 4.51. The quantitative estimate of drug-likeness (QED) is 0.262. The maximum Gasteiger partial charge on any atom is 0.366 e. The first-order valence-electron chi connectivity index (χ1n) is 6.52. The molecule has 2 aromatic carbocycles. The minimum atomic E-state index is -1.12. The molecule has 0 heterocycles. The van der Waals surface area contributed by atoms with Gasteiger partial charge in [-0.05, 0) is 12.1 Å². The molecule has 0 spiro atoms. The van der Waals surface area contributed by atoms with Crippen molar-refractivity contribution in [2.24, 2.45) is 10.9 Å². The molecule has 10 nitrogen and oxygen atoms in total. The van der Waals surface area contributed by atoms with Crippen molar-refractivity contribution in [3.8, 4) is 0 Å². The van der Waals surface area contributed by atoms with Crippen LogP contribution in [0.3, 0.4) is 0 Å². The van der Waals surface area contributed by atoms with E-state index in [9.17, 15) is 25.0 Å². The fourth-order valence-corrected chi connectivity index (χ4v) is 2.17. The van der Waals surface area contributed by atoms with Crippen LogP contribution in [-0.4, -0.2) is 21.7 Å². The summed E-state index contributed by atoms with van der Waals surface area (Å²) in [5, 5.41) is 25.1. The number of nitro benzene ring substituents is 2. The SMILES string of the molecule is NC(=NOC(=O)c1cc([N+](=O)[O-])cc([N+](=O)[O-])c1)c1cccc(Br)c1. The molecular formula is C14H9BrN4O6. The maximum absolute atomic E-state index is 12.0. The normalized spacial score (nSPS) is 11.0. The van der Waals surface area contributed by atoms with Gasteiger partial charge < -0.3 is 10.6 Å². The zero-order valence-electron chi connectivity index (χ0n) is 12.3. The van der Waals surface area contributed by atoms with Crippen molar-refractivity contribution in [3.05, 3.63) is 78.3 Å². The van der Waals surface area contributed by atoms with Gasteiger partial charge in [0.1, 0.15) is 0 Å². The van der Waals surface area contributed by atoms with Gasteiger partial charge >= 0.3 is 5.97 Å². The van der Waals surface area contributed by atoms with Crippen LogP contribution >= 0.6 is 15.9 Å². The first-order chi connectivity index (χ1) is 11.8. The van der Waals surface area contributed by atoms with Crippen LogP contribution in [0.25, 0.3) is 0 Å². The third-order valence-electron chi connectivity index (χ3n) is 2.91. The standard InChI is InChI=1S/C14H9BrN4O6/c15-10-3-1-2-8(4-10)13(16)17-25-14(20)9-5-11(18(21)22)7-12(6-9)19(23)24/h1-7H,(H2,16,17). The van der Waals surface area contributed by atoms with Crippen molar-refractivity contribution in [3.63, 3.8) is 0 Å². The zero-order valence-corrected chi connectivity index (χ0v) is 13.9. The molecular weight excluding hydrogens is 400 g/mol. The number of rotatable bonds is 5. The smallest absolute Gasteiger partial charge is 0.366 e. The molecule has 2 rings (SSSR count). The molecule has 0 aliphatic carbocycles. The number of carbonyl (C=O) groups excluding carboxylic acids is 1. The van der Waals surface area contributed by atoms with Gasteiger partial charge in [-0.1, -0.05) is 33.2 Å². The summed E-state index contributed by atoms with van der Waals surface area (Å²) in [4.78, 5) is 36.5. The van der Waals surface area contributed by atoms with E-state index in [2.05, 4.69) is 25.9 Å². The molecule has 0 amide bonds. The number of carbonyl (C=O) groups is 1. The maximum atomic E-state index is 12.0. The number of amidine groups is 1. The number of hydrogen-bond donors (Lipinski definition) is 1. The lowest BCUT2D eigenvalue weighted by Crippen LogP contribution is -2.15. The largest absolute Gasteiger partial charge is 0.380 e. The molecule has 2 N–H and O–H groups in total. The van der Waals surface area contributed by atoms with Gasteiger partial charge in [-0.15, -0.1) is 0 Å². The number of halogens is 1. The predicted octanol–water partition coefficient (Wildman–Crippen LogP) is 2.74. The Balaban J connectivity index is 2.27. The summed E-state index contributed by atoms with van der Waals surface area (Å²) in [7, 11) is 0. The molecule has 2 aromatic rings. The summed E-state index contributed by atoms with van der Waals surface area (Å²) >= 11 is 3.24. The molecule has 11 heteroatoms. The lowest BCUT2D eigenvalue weighted by atomic mass is 10.2. The Morgan fingerprint density at radius 3 is 2.16 bits per heavy atom. The monoisotopic (exact) mass is 408 g/mol. The highest BCUT2D eigenvalue weighted by atomic mass is 79.9. The van der Waals surface area contributed by atoms with Gasteiger partial charge in [0.2, 0.25) is 0 Å². The van der Waals surface area contributed by atoms with Crippen LogP contribution < -0.4 is 5.73 Å². The molecule has 0 saturated heterocycles. The number of non-ortho nitro benzene ring substituents is 2. The van der Waals surface area contributed by atoms with Crippen LogP contribution in [0.1, 0.15) is 15.9 Å². The second kappa shape index (κ2) is 7.49. The minimum absolute atomic E-state index is 0.116. The van der Waals surface area contributed by atoms with Crippen molar-refractivity contribution in [1.82, 2.24) is 0 Å². The third-order valence-corrected chi connectivity index (χ3v) is 3.40. The van der Waals surface area contributed by atoms with Gasteiger partial charge in [0.15, 0.2) is 5.84 Å². The molecule has 25 heavy (non-hydrogen) atoms. The highest BCUT2D eigenvalue weighted by molar-refractivity contribution is 9.10. The first kappa shape index (κ1) is 18.0. The van der Waals surface area contributed by atoms with Crippen LogP contribution in [-0.2, 0) is 4.84 Å². The number of hydrogen-bond acceptors (Lipinski definition) is 7. The number of nitro groups is 2. The Hall–Kier alpha value is -3.34. The summed E-state index contributed by atoms with van der Waals surface area (Å²) in [6, 6.07) is 9.12. The van der Waals surface area contributed by atoms with Crippen LogP contribution in [0.4, 0.5) is 11.4 Å². The van der Waals surface area contributed by atoms with Crippen LogP contribution in [0.2, 0.25) is 0 Å². The second-order valence-electron chi connectivity index (χ2n) is 4.62. The van der Waals surface area contributed by atoms with Gasteiger partial charge in [0.25, 0.3) is 11.4 Å². The van der Waals surface area contributed by atoms with Crippen molar-refractivity contribution < 1.29 is 19.5 Å². The van der Waals surface area contributed by atoms with Crippen LogP contribution in [0.15, 0.2) is 52.1 Å². The van der Waals surface area contributed by atoms with E-state index in [0.29, 0.717) is 5.56 Å². The molecule has 0 unspecified atom stereocenters. The molecule has 0 radical (unpaired) electrons. The Morgan fingerprint density at radius 1 is 1.04 bits per heavy atom. The molecule has 128 valence electrons. The number of nitrogens with two attached hydrogens (primary N) is 1. The zero-order chi connectivity index (χ0) is 18.6. The minimum Gasteiger partial charge on any atom is -0.380 e.